The van der Waals surface area contributed by atoms with Gasteiger partial charge in [-0.25, -0.2) is 4.79 Å². The van der Waals surface area contributed by atoms with Crippen LogP contribution in [0.3, 0.4) is 0 Å². The minimum Gasteiger partial charge on any atom is -0.444 e. The van der Waals surface area contributed by atoms with Crippen LogP contribution in [0.1, 0.15) is 27.2 Å². The van der Waals surface area contributed by atoms with Crippen molar-refractivity contribution in [2.45, 2.75) is 39.8 Å². The first-order valence-electron chi connectivity index (χ1n) is 8.29. The van der Waals surface area contributed by atoms with Crippen molar-refractivity contribution in [3.8, 4) is 0 Å². The summed E-state index contributed by atoms with van der Waals surface area (Å²) in [4.78, 5) is 11.7. The molecule has 0 bridgehead atoms. The van der Waals surface area contributed by atoms with Crippen molar-refractivity contribution in [3.05, 3.63) is 0 Å². The summed E-state index contributed by atoms with van der Waals surface area (Å²) in [7, 11) is 2.13. The zero-order valence-electron chi connectivity index (χ0n) is 15.2. The zero-order valence-corrected chi connectivity index (χ0v) is 16.2. The molecule has 0 aromatic carbocycles. The van der Waals surface area contributed by atoms with Gasteiger partial charge >= 0.3 is 14.7 Å². The second-order valence-electron chi connectivity index (χ2n) is 6.20. The first kappa shape index (κ1) is 21.4. The number of likely N-dealkylation sites (N-methyl/N-ethyl adjacent to an activating group) is 1. The summed E-state index contributed by atoms with van der Waals surface area (Å²) in [6.45, 7) is 12.2. The van der Waals surface area contributed by atoms with Gasteiger partial charge in [0, 0.05) is 25.8 Å². The van der Waals surface area contributed by atoms with Gasteiger partial charge in [-0.3, -0.25) is 0 Å². The molecule has 0 radical (unpaired) electrons. The van der Waals surface area contributed by atoms with Gasteiger partial charge in [0.2, 0.25) is 0 Å². The van der Waals surface area contributed by atoms with Crippen LogP contribution in [0, 0.1) is 0 Å². The van der Waals surface area contributed by atoms with E-state index in [1.807, 2.05) is 20.4 Å². The molecule has 1 N–H and O–H groups in total. The molecule has 0 aliphatic heterocycles. The summed E-state index contributed by atoms with van der Waals surface area (Å²) in [5.74, 6) is 0. The second kappa shape index (κ2) is 11.0. The maximum absolute atomic E-state index is 11.7. The highest BCUT2D eigenvalue weighted by atomic mass is 28.4. The molecule has 7 heteroatoms. The molecule has 0 aliphatic carbocycles. The van der Waals surface area contributed by atoms with Crippen LogP contribution in [0.15, 0.2) is 0 Å². The summed E-state index contributed by atoms with van der Waals surface area (Å²) in [5, 5.41) is 2.78. The Balaban J connectivity index is 3.94. The Labute approximate surface area is 136 Å². The average Bonchev–Trinajstić information content (AvgIpc) is 2.38. The third-order valence-corrected chi connectivity index (χ3v) is 6.46. The van der Waals surface area contributed by atoms with Gasteiger partial charge in [0.15, 0.2) is 0 Å². The van der Waals surface area contributed by atoms with Gasteiger partial charge in [-0.1, -0.05) is 6.92 Å². The molecule has 0 atom stereocenters. The zero-order chi connectivity index (χ0) is 17.1. The van der Waals surface area contributed by atoms with Crippen LogP contribution in [0.5, 0.6) is 0 Å². The molecule has 0 spiro atoms. The second-order valence-corrected chi connectivity index (χ2v) is 9.54. The topological polar surface area (TPSA) is 56.8 Å². The maximum Gasteiger partial charge on any atom is 0.407 e. The Hall–Kier alpha value is -0.633. The van der Waals surface area contributed by atoms with E-state index in [1.165, 1.54) is 0 Å². The van der Waals surface area contributed by atoms with Crippen molar-refractivity contribution >= 4 is 14.7 Å². The Bertz CT molecular complexity index is 308. The molecule has 0 fully saturated rings. The van der Waals surface area contributed by atoms with Crippen molar-refractivity contribution in [2.24, 2.45) is 0 Å². The lowest BCUT2D eigenvalue weighted by Crippen LogP contribution is -2.44. The molecule has 22 heavy (non-hydrogen) atoms. The summed E-state index contributed by atoms with van der Waals surface area (Å²) in [6, 6.07) is 0.723. The fourth-order valence-corrected chi connectivity index (χ4v) is 4.51. The molecule has 0 aliphatic rings. The van der Waals surface area contributed by atoms with E-state index in [0.29, 0.717) is 26.4 Å². The van der Waals surface area contributed by atoms with E-state index in [1.54, 1.807) is 0 Å². The number of alkyl carbamates (subject to hydrolysis) is 1. The number of nitrogens with zero attached hydrogens (tertiary/aromatic N) is 1. The Morgan fingerprint density at radius 3 is 2.18 bits per heavy atom. The van der Waals surface area contributed by atoms with E-state index in [9.17, 15) is 4.79 Å². The van der Waals surface area contributed by atoms with Crippen molar-refractivity contribution in [2.75, 3.05) is 53.6 Å². The normalized spacial score (nSPS) is 12.3. The fourth-order valence-electron chi connectivity index (χ4n) is 2.34. The third kappa shape index (κ3) is 10.2. The average molecular weight is 336 g/mol. The number of ether oxygens (including phenoxy) is 1. The Morgan fingerprint density at radius 1 is 1.09 bits per heavy atom. The molecule has 0 rings (SSSR count). The van der Waals surface area contributed by atoms with Crippen LogP contribution in [0.4, 0.5) is 4.79 Å². The summed E-state index contributed by atoms with van der Waals surface area (Å²) >= 11 is 0. The van der Waals surface area contributed by atoms with E-state index >= 15 is 0 Å². The standard InChI is InChI=1S/C15H34N2O4Si/c1-7-11-17(4,5)12-13-19-15(18)16-10-14-22(6,20-8-2)21-9-3/h7-14H2,1-6H3/p+1. The number of nitrogens with one attached hydrogen (secondary N) is 1. The Kier molecular flexibility index (Phi) is 10.7. The third-order valence-electron chi connectivity index (χ3n) is 3.51. The molecule has 0 unspecified atom stereocenters. The molecular formula is C15H35N2O4Si+. The van der Waals surface area contributed by atoms with E-state index in [-0.39, 0.29) is 6.09 Å². The van der Waals surface area contributed by atoms with Gasteiger partial charge in [-0.2, -0.15) is 0 Å². The number of carbonyl (C=O) groups is 1. The molecule has 0 aromatic rings. The quantitative estimate of drug-likeness (QED) is 0.439. The Morgan fingerprint density at radius 2 is 1.68 bits per heavy atom. The van der Waals surface area contributed by atoms with Crippen LogP contribution in [0.2, 0.25) is 12.6 Å². The van der Waals surface area contributed by atoms with Crippen molar-refractivity contribution in [1.29, 1.82) is 0 Å². The maximum atomic E-state index is 11.7. The van der Waals surface area contributed by atoms with E-state index in [4.69, 9.17) is 13.6 Å². The number of quaternary nitrogens is 1. The largest absolute Gasteiger partial charge is 0.444 e. The highest BCUT2D eigenvalue weighted by molar-refractivity contribution is 6.66. The van der Waals surface area contributed by atoms with Crippen molar-refractivity contribution in [3.63, 3.8) is 0 Å². The van der Waals surface area contributed by atoms with Crippen LogP contribution in [-0.2, 0) is 13.6 Å². The number of amides is 1. The number of rotatable bonds is 12. The summed E-state index contributed by atoms with van der Waals surface area (Å²) < 4.78 is 17.5. The predicted octanol–water partition coefficient (Wildman–Crippen LogP) is 2.34. The number of hydrogen-bond acceptors (Lipinski definition) is 4. The first-order chi connectivity index (χ1) is 10.3. The minimum absolute atomic E-state index is 0.360. The van der Waals surface area contributed by atoms with Gasteiger partial charge in [0.1, 0.15) is 13.2 Å². The van der Waals surface area contributed by atoms with Gasteiger partial charge in [0.05, 0.1) is 20.6 Å². The SMILES string of the molecule is CCC[N+](C)(C)CCOC(=O)NCC[Si](C)(OCC)OCC. The summed E-state index contributed by atoms with van der Waals surface area (Å²) in [5.41, 5.74) is 0. The highest BCUT2D eigenvalue weighted by Crippen LogP contribution is 2.12. The van der Waals surface area contributed by atoms with Crippen molar-refractivity contribution < 1.29 is 22.9 Å². The van der Waals surface area contributed by atoms with Crippen molar-refractivity contribution in [1.82, 2.24) is 5.32 Å². The highest BCUT2D eigenvalue weighted by Gasteiger charge is 2.30. The lowest BCUT2D eigenvalue weighted by Gasteiger charge is -2.29. The monoisotopic (exact) mass is 335 g/mol. The minimum atomic E-state index is -2.16. The first-order valence-corrected chi connectivity index (χ1v) is 10.8. The van der Waals surface area contributed by atoms with Gasteiger partial charge in [-0.05, 0) is 26.8 Å². The van der Waals surface area contributed by atoms with E-state index in [0.717, 1.165) is 30.0 Å². The van der Waals surface area contributed by atoms with Gasteiger partial charge in [0.25, 0.3) is 0 Å². The molecule has 0 heterocycles. The molecule has 0 aromatic heterocycles. The molecular weight excluding hydrogens is 300 g/mol. The fraction of sp³-hybridized carbons (Fsp3) is 0.933. The molecule has 1 amide bonds. The number of carbonyl (C=O) groups excluding carboxylic acids is 1. The summed E-state index contributed by atoms with van der Waals surface area (Å²) in [6.07, 6.45) is 0.762. The smallest absolute Gasteiger partial charge is 0.407 e. The number of hydrogen-bond donors (Lipinski definition) is 1. The lowest BCUT2D eigenvalue weighted by atomic mass is 10.4. The van der Waals surface area contributed by atoms with Crippen LogP contribution in [0.25, 0.3) is 0 Å². The molecule has 0 saturated heterocycles. The lowest BCUT2D eigenvalue weighted by molar-refractivity contribution is -0.890. The predicted molar refractivity (Wildman–Crippen MR) is 91.2 cm³/mol. The van der Waals surface area contributed by atoms with Crippen LogP contribution < -0.4 is 5.32 Å². The van der Waals surface area contributed by atoms with E-state index in [2.05, 4.69) is 26.3 Å². The van der Waals surface area contributed by atoms with Crippen LogP contribution in [-0.4, -0.2) is 72.7 Å². The van der Waals surface area contributed by atoms with E-state index < -0.39 is 8.56 Å². The van der Waals surface area contributed by atoms with Gasteiger partial charge < -0.3 is 23.4 Å². The molecule has 6 nitrogen and oxygen atoms in total. The van der Waals surface area contributed by atoms with Crippen LogP contribution >= 0.6 is 0 Å². The molecule has 0 saturated carbocycles. The molecule has 132 valence electrons. The van der Waals surface area contributed by atoms with Gasteiger partial charge in [-0.15, -0.1) is 0 Å².